The zero-order valence-electron chi connectivity index (χ0n) is 12.7. The van der Waals surface area contributed by atoms with Crippen molar-refractivity contribution in [3.8, 4) is 11.5 Å². The average molecular weight is 300 g/mol. The van der Waals surface area contributed by atoms with Crippen LogP contribution in [0.5, 0.6) is 11.5 Å². The van der Waals surface area contributed by atoms with Gasteiger partial charge >= 0.3 is 0 Å². The van der Waals surface area contributed by atoms with Crippen molar-refractivity contribution < 1.29 is 18.9 Å². The fourth-order valence-electron chi connectivity index (χ4n) is 2.23. The predicted molar refractivity (Wildman–Crippen MR) is 83.3 cm³/mol. The second-order valence-corrected chi connectivity index (χ2v) is 5.15. The van der Waals surface area contributed by atoms with E-state index in [2.05, 4.69) is 6.92 Å². The Bertz CT molecular complexity index is 571. The summed E-state index contributed by atoms with van der Waals surface area (Å²) >= 11 is 0. The van der Waals surface area contributed by atoms with Crippen molar-refractivity contribution in [2.45, 2.75) is 13.2 Å². The van der Waals surface area contributed by atoms with Crippen LogP contribution in [0.15, 0.2) is 48.5 Å². The summed E-state index contributed by atoms with van der Waals surface area (Å²) in [5.74, 6) is 1.68. The quantitative estimate of drug-likeness (QED) is 0.765. The third-order valence-corrected chi connectivity index (χ3v) is 3.42. The molecule has 2 aromatic rings. The van der Waals surface area contributed by atoms with Crippen molar-refractivity contribution in [2.75, 3.05) is 26.4 Å². The molecule has 22 heavy (non-hydrogen) atoms. The van der Waals surface area contributed by atoms with Gasteiger partial charge in [0.15, 0.2) is 6.29 Å². The molecule has 2 aromatic carbocycles. The summed E-state index contributed by atoms with van der Waals surface area (Å²) in [6, 6.07) is 15.8. The first-order chi connectivity index (χ1) is 10.8. The molecule has 1 heterocycles. The zero-order valence-corrected chi connectivity index (χ0v) is 12.7. The Kier molecular flexibility index (Phi) is 4.93. The van der Waals surface area contributed by atoms with Crippen molar-refractivity contribution >= 4 is 0 Å². The maximum atomic E-state index is 5.66. The first kappa shape index (κ1) is 14.9. The highest BCUT2D eigenvalue weighted by Crippen LogP contribution is 2.24. The number of benzene rings is 2. The second kappa shape index (κ2) is 7.29. The third kappa shape index (κ3) is 4.00. The summed E-state index contributed by atoms with van der Waals surface area (Å²) < 4.78 is 22.2. The Morgan fingerprint density at radius 3 is 1.86 bits per heavy atom. The minimum absolute atomic E-state index is 0.237. The van der Waals surface area contributed by atoms with E-state index in [1.54, 1.807) is 0 Å². The van der Waals surface area contributed by atoms with Crippen LogP contribution in [0.25, 0.3) is 0 Å². The molecule has 0 unspecified atom stereocenters. The van der Waals surface area contributed by atoms with Crippen molar-refractivity contribution in [1.82, 2.24) is 0 Å². The highest BCUT2D eigenvalue weighted by atomic mass is 16.7. The first-order valence-corrected chi connectivity index (χ1v) is 7.47. The summed E-state index contributed by atoms with van der Waals surface area (Å²) in [6.45, 7) is 4.38. The van der Waals surface area contributed by atoms with E-state index >= 15 is 0 Å². The van der Waals surface area contributed by atoms with Crippen LogP contribution in [0.2, 0.25) is 0 Å². The van der Waals surface area contributed by atoms with Crippen LogP contribution in [0, 0.1) is 6.92 Å². The Morgan fingerprint density at radius 1 is 0.818 bits per heavy atom. The molecule has 116 valence electrons. The minimum Gasteiger partial charge on any atom is -0.490 e. The summed E-state index contributed by atoms with van der Waals surface area (Å²) in [5.41, 5.74) is 2.24. The van der Waals surface area contributed by atoms with E-state index in [0.29, 0.717) is 26.4 Å². The number of hydrogen-bond donors (Lipinski definition) is 0. The molecular weight excluding hydrogens is 280 g/mol. The fourth-order valence-corrected chi connectivity index (χ4v) is 2.23. The van der Waals surface area contributed by atoms with Gasteiger partial charge in [0.1, 0.15) is 24.7 Å². The zero-order chi connectivity index (χ0) is 15.2. The van der Waals surface area contributed by atoms with Gasteiger partial charge in [0.25, 0.3) is 0 Å². The lowest BCUT2D eigenvalue weighted by molar-refractivity contribution is -0.0441. The Balaban J connectivity index is 1.42. The van der Waals surface area contributed by atoms with Gasteiger partial charge in [-0.15, -0.1) is 0 Å². The first-order valence-electron chi connectivity index (χ1n) is 7.47. The summed E-state index contributed by atoms with van der Waals surface area (Å²) in [6.07, 6.45) is -0.237. The molecule has 0 bridgehead atoms. The van der Waals surface area contributed by atoms with Crippen LogP contribution < -0.4 is 9.47 Å². The average Bonchev–Trinajstić information content (AvgIpc) is 3.08. The van der Waals surface area contributed by atoms with Crippen LogP contribution in [0.3, 0.4) is 0 Å². The van der Waals surface area contributed by atoms with E-state index in [0.717, 1.165) is 17.1 Å². The molecule has 0 N–H and O–H groups in total. The lowest BCUT2D eigenvalue weighted by Gasteiger charge is -2.11. The van der Waals surface area contributed by atoms with E-state index in [1.807, 2.05) is 48.5 Å². The molecule has 1 saturated heterocycles. The summed E-state index contributed by atoms with van der Waals surface area (Å²) in [7, 11) is 0. The molecule has 4 nitrogen and oxygen atoms in total. The maximum absolute atomic E-state index is 5.66. The number of aryl methyl sites for hydroxylation is 1. The van der Waals surface area contributed by atoms with Gasteiger partial charge in [-0.05, 0) is 31.2 Å². The smallest absolute Gasteiger partial charge is 0.184 e. The molecule has 0 amide bonds. The van der Waals surface area contributed by atoms with E-state index in [1.165, 1.54) is 5.56 Å². The van der Waals surface area contributed by atoms with Crippen LogP contribution in [0.4, 0.5) is 0 Å². The van der Waals surface area contributed by atoms with E-state index < -0.39 is 0 Å². The lowest BCUT2D eigenvalue weighted by atomic mass is 10.2. The van der Waals surface area contributed by atoms with Gasteiger partial charge in [-0.25, -0.2) is 0 Å². The molecule has 3 rings (SSSR count). The third-order valence-electron chi connectivity index (χ3n) is 3.42. The maximum Gasteiger partial charge on any atom is 0.184 e. The van der Waals surface area contributed by atoms with E-state index in [-0.39, 0.29) is 6.29 Å². The van der Waals surface area contributed by atoms with Crippen LogP contribution in [-0.2, 0) is 9.47 Å². The molecule has 0 spiro atoms. The number of rotatable bonds is 6. The molecule has 0 atom stereocenters. The highest BCUT2D eigenvalue weighted by Gasteiger charge is 2.17. The van der Waals surface area contributed by atoms with Crippen molar-refractivity contribution in [1.29, 1.82) is 0 Å². The molecule has 1 fully saturated rings. The molecular formula is C18H20O4. The Hall–Kier alpha value is -2.04. The molecule has 0 aromatic heterocycles. The van der Waals surface area contributed by atoms with E-state index in [4.69, 9.17) is 18.9 Å². The topological polar surface area (TPSA) is 36.9 Å². The standard InChI is InChI=1S/C18H20O4/c1-14-2-6-16(7-3-14)19-10-11-20-17-8-4-15(5-9-17)18-21-12-13-22-18/h2-9,18H,10-13H2,1H3. The summed E-state index contributed by atoms with van der Waals surface area (Å²) in [5, 5.41) is 0. The van der Waals surface area contributed by atoms with Crippen molar-refractivity contribution in [3.05, 3.63) is 59.7 Å². The Morgan fingerprint density at radius 2 is 1.32 bits per heavy atom. The highest BCUT2D eigenvalue weighted by molar-refractivity contribution is 5.28. The summed E-state index contributed by atoms with van der Waals surface area (Å²) in [4.78, 5) is 0. The van der Waals surface area contributed by atoms with Crippen LogP contribution in [-0.4, -0.2) is 26.4 Å². The van der Waals surface area contributed by atoms with Gasteiger partial charge in [0.2, 0.25) is 0 Å². The van der Waals surface area contributed by atoms with Gasteiger partial charge in [-0.3, -0.25) is 0 Å². The van der Waals surface area contributed by atoms with Gasteiger partial charge in [-0.1, -0.05) is 29.8 Å². The fraction of sp³-hybridized carbons (Fsp3) is 0.333. The molecule has 0 radical (unpaired) electrons. The molecule has 1 aliphatic heterocycles. The van der Waals surface area contributed by atoms with Crippen LogP contribution >= 0.6 is 0 Å². The lowest BCUT2D eigenvalue weighted by Crippen LogP contribution is -2.09. The number of ether oxygens (including phenoxy) is 4. The predicted octanol–water partition coefficient (Wildman–Crippen LogP) is 3.50. The van der Waals surface area contributed by atoms with Crippen LogP contribution in [0.1, 0.15) is 17.4 Å². The van der Waals surface area contributed by atoms with Gasteiger partial charge in [-0.2, -0.15) is 0 Å². The SMILES string of the molecule is Cc1ccc(OCCOc2ccc(C3OCCO3)cc2)cc1. The Labute approximate surface area is 130 Å². The molecule has 0 saturated carbocycles. The van der Waals surface area contributed by atoms with Gasteiger partial charge in [0, 0.05) is 5.56 Å². The normalized spacial score (nSPS) is 15.0. The number of hydrogen-bond acceptors (Lipinski definition) is 4. The molecule has 0 aliphatic carbocycles. The monoisotopic (exact) mass is 300 g/mol. The van der Waals surface area contributed by atoms with Crippen molar-refractivity contribution in [3.63, 3.8) is 0 Å². The van der Waals surface area contributed by atoms with E-state index in [9.17, 15) is 0 Å². The molecule has 1 aliphatic rings. The van der Waals surface area contributed by atoms with Gasteiger partial charge < -0.3 is 18.9 Å². The van der Waals surface area contributed by atoms with Gasteiger partial charge in [0.05, 0.1) is 13.2 Å². The minimum atomic E-state index is -0.237. The van der Waals surface area contributed by atoms with Crippen molar-refractivity contribution in [2.24, 2.45) is 0 Å². The largest absolute Gasteiger partial charge is 0.490 e. The molecule has 4 heteroatoms. The second-order valence-electron chi connectivity index (χ2n) is 5.15.